The summed E-state index contributed by atoms with van der Waals surface area (Å²) in [6.07, 6.45) is 4.75. The highest BCUT2D eigenvalue weighted by molar-refractivity contribution is 7.13. The number of anilines is 1. The van der Waals surface area contributed by atoms with E-state index >= 15 is 0 Å². The Hall–Kier alpha value is -2.66. The number of hydrogen-bond acceptors (Lipinski definition) is 6. The number of alkyl halides is 3. The second-order valence-corrected chi connectivity index (χ2v) is 10.1. The van der Waals surface area contributed by atoms with Gasteiger partial charge in [0.25, 0.3) is 0 Å². The molecule has 1 aliphatic heterocycles. The number of fused-ring (bicyclic) bond motifs is 1. The maximum Gasteiger partial charge on any atom is 0.416 e. The van der Waals surface area contributed by atoms with Crippen molar-refractivity contribution in [3.63, 3.8) is 0 Å². The van der Waals surface area contributed by atoms with Gasteiger partial charge in [0.05, 0.1) is 16.6 Å². The Morgan fingerprint density at radius 1 is 0.972 bits per heavy atom. The molecule has 0 radical (unpaired) electrons. The predicted octanol–water partition coefficient (Wildman–Crippen LogP) is 4.56. The molecule has 0 unspecified atom stereocenters. The number of rotatable bonds is 2. The molecule has 1 aromatic carbocycles. The molecule has 7 nitrogen and oxygen atoms in total. The second kappa shape index (κ2) is 12.5. The molecule has 11 heteroatoms. The fourth-order valence-electron chi connectivity index (χ4n) is 4.32. The number of benzene rings is 1. The van der Waals surface area contributed by atoms with Gasteiger partial charge in [0.2, 0.25) is 0 Å². The minimum atomic E-state index is -4.39. The van der Waals surface area contributed by atoms with Crippen LogP contribution in [0.15, 0.2) is 34.6 Å². The fraction of sp³-hybridized carbons (Fsp3) is 0.560. The number of thiazole rings is 1. The van der Waals surface area contributed by atoms with Crippen LogP contribution in [0.5, 0.6) is 0 Å². The Bertz CT molecular complexity index is 1160. The minimum absolute atomic E-state index is 0.280. The molecule has 1 saturated heterocycles. The molecule has 5 rings (SSSR count). The number of carbonyl (C=O) groups is 1. The maximum atomic E-state index is 12.5. The Morgan fingerprint density at radius 3 is 2.14 bits per heavy atom. The Balaban J connectivity index is 0.000000159. The predicted molar refractivity (Wildman–Crippen MR) is 138 cm³/mol. The van der Waals surface area contributed by atoms with Crippen LogP contribution in [0, 0.1) is 5.92 Å². The average molecular weight is 526 g/mol. The van der Waals surface area contributed by atoms with Gasteiger partial charge in [0, 0.05) is 57.8 Å². The van der Waals surface area contributed by atoms with Crippen molar-refractivity contribution in [2.24, 2.45) is 20.0 Å². The molecule has 0 atom stereocenters. The van der Waals surface area contributed by atoms with E-state index in [-0.39, 0.29) is 11.2 Å². The monoisotopic (exact) mass is 525 g/mol. The lowest BCUT2D eigenvalue weighted by Gasteiger charge is -2.31. The summed E-state index contributed by atoms with van der Waals surface area (Å²) in [6, 6.07) is 3.26. The van der Waals surface area contributed by atoms with E-state index < -0.39 is 11.7 Å². The van der Waals surface area contributed by atoms with Gasteiger partial charge < -0.3 is 14.6 Å². The lowest BCUT2D eigenvalue weighted by atomic mass is 9.91. The summed E-state index contributed by atoms with van der Waals surface area (Å²) in [7, 11) is 5.14. The zero-order valence-electron chi connectivity index (χ0n) is 21.0. The molecule has 1 aliphatic carbocycles. The van der Waals surface area contributed by atoms with Crippen LogP contribution in [0.3, 0.4) is 0 Å². The van der Waals surface area contributed by atoms with Gasteiger partial charge in [0.1, 0.15) is 6.29 Å². The van der Waals surface area contributed by atoms with E-state index in [0.29, 0.717) is 11.4 Å². The third-order valence-corrected chi connectivity index (χ3v) is 7.47. The van der Waals surface area contributed by atoms with Gasteiger partial charge in [-0.2, -0.15) is 13.2 Å². The number of halogens is 3. The van der Waals surface area contributed by atoms with Crippen molar-refractivity contribution in [1.82, 2.24) is 19.0 Å². The number of nitrogens with zero attached hydrogens (tertiary/aromatic N) is 5. The molecule has 0 amide bonds. The smallest absolute Gasteiger partial charge is 0.346 e. The third kappa shape index (κ3) is 7.19. The fourth-order valence-corrected chi connectivity index (χ4v) is 5.02. The highest BCUT2D eigenvalue weighted by Gasteiger charge is 2.31. The Labute approximate surface area is 213 Å². The van der Waals surface area contributed by atoms with E-state index in [9.17, 15) is 22.8 Å². The zero-order valence-corrected chi connectivity index (χ0v) is 21.8. The average Bonchev–Trinajstić information content (AvgIpc) is 3.49. The summed E-state index contributed by atoms with van der Waals surface area (Å²) >= 11 is 1.73. The molecule has 2 aromatic heterocycles. The minimum Gasteiger partial charge on any atom is -0.346 e. The highest BCUT2D eigenvalue weighted by atomic mass is 32.1. The van der Waals surface area contributed by atoms with Crippen molar-refractivity contribution in [2.75, 3.05) is 38.1 Å². The van der Waals surface area contributed by atoms with Crippen molar-refractivity contribution >= 4 is 33.8 Å². The number of piperazine rings is 1. The van der Waals surface area contributed by atoms with Crippen LogP contribution in [-0.4, -0.2) is 58.5 Å². The van der Waals surface area contributed by atoms with Gasteiger partial charge in [-0.05, 0) is 38.1 Å². The topological polar surface area (TPSA) is 63.4 Å². The molecule has 198 valence electrons. The number of carbonyl (C=O) groups excluding carboxylic acids is 1. The molecule has 2 fully saturated rings. The van der Waals surface area contributed by atoms with Crippen LogP contribution >= 0.6 is 11.3 Å². The standard InChI is InChI=1S/C10H9F3N2O.C8H13N3S.C7H12O/c1-14-7-4-3-6(10(11,12)13)5-8(7)15(2)9(14)16;1-10-3-5-11(6-4-10)8-9-2-7-12-8;8-6-7-4-2-1-3-5-7/h3-5H,1-2H3;2,7H,3-6H2,1H3;6-7H,1-5H2. The van der Waals surface area contributed by atoms with E-state index in [4.69, 9.17) is 0 Å². The van der Waals surface area contributed by atoms with Crippen LogP contribution < -0.4 is 10.6 Å². The molecule has 0 N–H and O–H groups in total. The van der Waals surface area contributed by atoms with Crippen LogP contribution in [0.25, 0.3) is 11.0 Å². The molecule has 1 saturated carbocycles. The van der Waals surface area contributed by atoms with Crippen LogP contribution in [0.1, 0.15) is 37.7 Å². The van der Waals surface area contributed by atoms with Gasteiger partial charge in [-0.15, -0.1) is 11.3 Å². The molecule has 36 heavy (non-hydrogen) atoms. The first kappa shape index (κ1) is 27.9. The highest BCUT2D eigenvalue weighted by Crippen LogP contribution is 2.31. The van der Waals surface area contributed by atoms with Crippen molar-refractivity contribution in [3.05, 3.63) is 45.8 Å². The molecule has 3 heterocycles. The molecule has 0 bridgehead atoms. The first-order valence-electron chi connectivity index (χ1n) is 12.1. The summed E-state index contributed by atoms with van der Waals surface area (Å²) in [5, 5.41) is 3.20. The van der Waals surface area contributed by atoms with Crippen molar-refractivity contribution < 1.29 is 18.0 Å². The Morgan fingerprint density at radius 2 is 1.61 bits per heavy atom. The normalized spacial score (nSPS) is 17.2. The zero-order chi connectivity index (χ0) is 26.3. The van der Waals surface area contributed by atoms with E-state index in [1.54, 1.807) is 11.3 Å². The van der Waals surface area contributed by atoms with E-state index in [1.807, 2.05) is 11.6 Å². The molecular weight excluding hydrogens is 491 g/mol. The van der Waals surface area contributed by atoms with Gasteiger partial charge in [-0.3, -0.25) is 9.13 Å². The van der Waals surface area contributed by atoms with E-state index in [0.717, 1.165) is 57.4 Å². The maximum absolute atomic E-state index is 12.5. The third-order valence-electron chi connectivity index (χ3n) is 6.63. The summed E-state index contributed by atoms with van der Waals surface area (Å²) < 4.78 is 39.9. The molecule has 2 aliphatic rings. The van der Waals surface area contributed by atoms with Gasteiger partial charge >= 0.3 is 11.9 Å². The summed E-state index contributed by atoms with van der Waals surface area (Å²) in [6.45, 7) is 4.53. The summed E-state index contributed by atoms with van der Waals surface area (Å²) in [5.41, 5.74) is -0.321. The molecule has 3 aromatic rings. The number of aldehydes is 1. The summed E-state index contributed by atoms with van der Waals surface area (Å²) in [5.74, 6) is 0.406. The molecule has 0 spiro atoms. The first-order valence-corrected chi connectivity index (χ1v) is 13.0. The number of aryl methyl sites for hydroxylation is 2. The van der Waals surface area contributed by atoms with Gasteiger partial charge in [-0.25, -0.2) is 9.78 Å². The van der Waals surface area contributed by atoms with Gasteiger partial charge in [0.15, 0.2) is 5.13 Å². The lowest BCUT2D eigenvalue weighted by Crippen LogP contribution is -2.44. The van der Waals surface area contributed by atoms with Crippen molar-refractivity contribution in [1.29, 1.82) is 0 Å². The number of imidazole rings is 1. The number of hydrogen-bond donors (Lipinski definition) is 0. The van der Waals surface area contributed by atoms with E-state index in [1.165, 1.54) is 53.7 Å². The van der Waals surface area contributed by atoms with Crippen molar-refractivity contribution in [2.45, 2.75) is 38.3 Å². The molecular formula is C25H34F3N5O2S. The SMILES string of the molecule is CN1CCN(c2nccs2)CC1.Cn1c(=O)n(C)c2cc(C(F)(F)F)ccc21.O=CC1CCCCC1. The largest absolute Gasteiger partial charge is 0.416 e. The first-order chi connectivity index (χ1) is 17.1. The van der Waals surface area contributed by atoms with Crippen molar-refractivity contribution in [3.8, 4) is 0 Å². The quantitative estimate of drug-likeness (QED) is 0.459. The van der Waals surface area contributed by atoms with E-state index in [2.05, 4.69) is 21.8 Å². The van der Waals surface area contributed by atoms with Gasteiger partial charge in [-0.1, -0.05) is 19.3 Å². The van der Waals surface area contributed by atoms with Crippen LogP contribution in [0.4, 0.5) is 18.3 Å². The van der Waals surface area contributed by atoms with Crippen LogP contribution in [0.2, 0.25) is 0 Å². The second-order valence-electron chi connectivity index (χ2n) is 9.24. The van der Waals surface area contributed by atoms with Crippen LogP contribution in [-0.2, 0) is 25.1 Å². The number of aromatic nitrogens is 3. The lowest BCUT2D eigenvalue weighted by molar-refractivity contribution is -0.137. The summed E-state index contributed by atoms with van der Waals surface area (Å²) in [4.78, 5) is 30.6. The number of likely N-dealkylation sites (N-methyl/N-ethyl adjacent to an activating group) is 1. The Kier molecular flexibility index (Phi) is 9.72.